The van der Waals surface area contributed by atoms with E-state index in [1.165, 1.54) is 19.3 Å². The number of carbonyl (C=O) groups is 1. The summed E-state index contributed by atoms with van der Waals surface area (Å²) in [4.78, 5) is 12.0. The molecular formula is C15H18N2O2. The van der Waals surface area contributed by atoms with Gasteiger partial charge in [-0.25, -0.2) is 5.43 Å². The van der Waals surface area contributed by atoms with Gasteiger partial charge in [0.05, 0.1) is 5.56 Å². The van der Waals surface area contributed by atoms with E-state index in [2.05, 4.69) is 10.5 Å². The molecule has 0 radical (unpaired) electrons. The smallest absolute Gasteiger partial charge is 0.275 e. The van der Waals surface area contributed by atoms with E-state index in [-0.39, 0.29) is 17.2 Å². The number of carbonyl (C=O) groups excluding carboxylic acids is 1. The van der Waals surface area contributed by atoms with Gasteiger partial charge in [0.15, 0.2) is 0 Å². The number of nitrogens with zero attached hydrogens (tertiary/aromatic N) is 1. The van der Waals surface area contributed by atoms with Crippen LogP contribution in [0.3, 0.4) is 0 Å². The van der Waals surface area contributed by atoms with Gasteiger partial charge in [0.25, 0.3) is 5.91 Å². The largest absolute Gasteiger partial charge is 0.507 e. The highest BCUT2D eigenvalue weighted by atomic mass is 16.3. The summed E-state index contributed by atoms with van der Waals surface area (Å²) in [5.41, 5.74) is 4.68. The Morgan fingerprint density at radius 1 is 1.42 bits per heavy atom. The van der Waals surface area contributed by atoms with Crippen LogP contribution in [0.1, 0.15) is 41.6 Å². The standard InChI is InChI=1S/C15H18N2O2/c1-9-3-2-4-12(14(9)18)15(19)17-16-13-8-10-5-6-11(13)7-10/h2-4,10-11,18H,5-8H2,1H3,(H,17,19)/b16-13-/t10-,11+/m0/s1. The van der Waals surface area contributed by atoms with Gasteiger partial charge in [-0.1, -0.05) is 12.1 Å². The maximum Gasteiger partial charge on any atom is 0.275 e. The van der Waals surface area contributed by atoms with Gasteiger partial charge in [0.1, 0.15) is 5.75 Å². The van der Waals surface area contributed by atoms with Crippen LogP contribution in [0.2, 0.25) is 0 Å². The molecule has 0 heterocycles. The van der Waals surface area contributed by atoms with E-state index in [9.17, 15) is 9.90 Å². The van der Waals surface area contributed by atoms with Crippen molar-refractivity contribution in [1.29, 1.82) is 0 Å². The van der Waals surface area contributed by atoms with E-state index in [1.807, 2.05) is 0 Å². The highest BCUT2D eigenvalue weighted by molar-refractivity contribution is 5.98. The molecule has 2 aliphatic rings. The van der Waals surface area contributed by atoms with Crippen LogP contribution in [0.5, 0.6) is 5.75 Å². The number of hydrazone groups is 1. The van der Waals surface area contributed by atoms with Crippen molar-refractivity contribution in [1.82, 2.24) is 5.43 Å². The van der Waals surface area contributed by atoms with Crippen molar-refractivity contribution in [3.63, 3.8) is 0 Å². The van der Waals surface area contributed by atoms with E-state index >= 15 is 0 Å². The maximum absolute atomic E-state index is 12.0. The van der Waals surface area contributed by atoms with Crippen LogP contribution in [0.4, 0.5) is 0 Å². The lowest BCUT2D eigenvalue weighted by Gasteiger charge is -2.12. The molecule has 0 saturated heterocycles. The molecule has 0 aromatic heterocycles. The Bertz CT molecular complexity index is 551. The first kappa shape index (κ1) is 12.2. The molecule has 1 amide bonds. The quantitative estimate of drug-likeness (QED) is 0.801. The summed E-state index contributed by atoms with van der Waals surface area (Å²) in [5.74, 6) is 1.04. The molecule has 2 bridgehead atoms. The van der Waals surface area contributed by atoms with E-state index in [0.717, 1.165) is 18.1 Å². The van der Waals surface area contributed by atoms with Crippen molar-refractivity contribution < 1.29 is 9.90 Å². The second-order valence-corrected chi connectivity index (χ2v) is 5.60. The molecule has 0 aliphatic heterocycles. The number of phenols is 1. The molecule has 3 rings (SSSR count). The molecule has 4 nitrogen and oxygen atoms in total. The Balaban J connectivity index is 1.72. The Kier molecular flexibility index (Phi) is 3.01. The highest BCUT2D eigenvalue weighted by Gasteiger charge is 2.36. The number of hydrogen-bond donors (Lipinski definition) is 2. The molecule has 1 aromatic carbocycles. The lowest BCUT2D eigenvalue weighted by Crippen LogP contribution is -2.22. The molecular weight excluding hydrogens is 240 g/mol. The zero-order valence-corrected chi connectivity index (χ0v) is 11.0. The summed E-state index contributed by atoms with van der Waals surface area (Å²) >= 11 is 0. The van der Waals surface area contributed by atoms with Gasteiger partial charge in [0.2, 0.25) is 0 Å². The van der Waals surface area contributed by atoms with Gasteiger partial charge in [-0.15, -0.1) is 0 Å². The Hall–Kier alpha value is -1.84. The Morgan fingerprint density at radius 3 is 2.95 bits per heavy atom. The number of fused-ring (bicyclic) bond motifs is 2. The van der Waals surface area contributed by atoms with Crippen molar-refractivity contribution in [3.8, 4) is 5.75 Å². The molecule has 0 unspecified atom stereocenters. The van der Waals surface area contributed by atoms with E-state index < -0.39 is 0 Å². The van der Waals surface area contributed by atoms with Crippen molar-refractivity contribution in [3.05, 3.63) is 29.3 Å². The molecule has 2 atom stereocenters. The van der Waals surface area contributed by atoms with E-state index in [1.54, 1.807) is 25.1 Å². The average Bonchev–Trinajstić information content (AvgIpc) is 3.01. The molecule has 2 N–H and O–H groups in total. The van der Waals surface area contributed by atoms with Gasteiger partial charge in [-0.05, 0) is 56.1 Å². The number of benzene rings is 1. The summed E-state index contributed by atoms with van der Waals surface area (Å²) in [5, 5.41) is 14.1. The SMILES string of the molecule is Cc1cccc(C(=O)N/N=C2/C[C@H]3CC[C@@H]2C3)c1O. The topological polar surface area (TPSA) is 61.7 Å². The van der Waals surface area contributed by atoms with Gasteiger partial charge in [0, 0.05) is 5.71 Å². The number of aryl methyl sites for hydroxylation is 1. The third-order valence-electron chi connectivity index (χ3n) is 4.29. The molecule has 2 fully saturated rings. The van der Waals surface area contributed by atoms with Crippen molar-refractivity contribution in [2.24, 2.45) is 16.9 Å². The first-order chi connectivity index (χ1) is 9.15. The summed E-state index contributed by atoms with van der Waals surface area (Å²) in [7, 11) is 0. The van der Waals surface area contributed by atoms with Crippen LogP contribution in [0.25, 0.3) is 0 Å². The summed E-state index contributed by atoms with van der Waals surface area (Å²) in [6.07, 6.45) is 4.75. The minimum absolute atomic E-state index is 0.0353. The molecule has 100 valence electrons. The molecule has 4 heteroatoms. The van der Waals surface area contributed by atoms with Crippen LogP contribution in [0, 0.1) is 18.8 Å². The fourth-order valence-electron chi connectivity index (χ4n) is 3.19. The van der Waals surface area contributed by atoms with Crippen LogP contribution < -0.4 is 5.43 Å². The van der Waals surface area contributed by atoms with E-state index in [4.69, 9.17) is 0 Å². The average molecular weight is 258 g/mol. The Morgan fingerprint density at radius 2 is 2.26 bits per heavy atom. The highest BCUT2D eigenvalue weighted by Crippen LogP contribution is 2.42. The van der Waals surface area contributed by atoms with Gasteiger partial charge < -0.3 is 5.11 Å². The third-order valence-corrected chi connectivity index (χ3v) is 4.29. The van der Waals surface area contributed by atoms with Crippen LogP contribution in [-0.4, -0.2) is 16.7 Å². The van der Waals surface area contributed by atoms with Crippen LogP contribution >= 0.6 is 0 Å². The fraction of sp³-hybridized carbons (Fsp3) is 0.467. The van der Waals surface area contributed by atoms with Crippen molar-refractivity contribution in [2.75, 3.05) is 0 Å². The first-order valence-electron chi connectivity index (χ1n) is 6.80. The number of nitrogens with one attached hydrogen (secondary N) is 1. The van der Waals surface area contributed by atoms with Crippen molar-refractivity contribution in [2.45, 2.75) is 32.6 Å². The molecule has 0 spiro atoms. The predicted molar refractivity (Wildman–Crippen MR) is 73.2 cm³/mol. The molecule has 19 heavy (non-hydrogen) atoms. The summed E-state index contributed by atoms with van der Waals surface area (Å²) in [6.45, 7) is 1.77. The van der Waals surface area contributed by atoms with Gasteiger partial charge in [-0.3, -0.25) is 4.79 Å². The minimum Gasteiger partial charge on any atom is -0.507 e. The molecule has 1 aromatic rings. The summed E-state index contributed by atoms with van der Waals surface area (Å²) < 4.78 is 0. The normalized spacial score (nSPS) is 26.9. The van der Waals surface area contributed by atoms with E-state index in [0.29, 0.717) is 11.5 Å². The second kappa shape index (κ2) is 4.68. The Labute approximate surface area is 112 Å². The molecule has 2 saturated carbocycles. The number of para-hydroxylation sites is 1. The maximum atomic E-state index is 12.0. The monoisotopic (exact) mass is 258 g/mol. The predicted octanol–water partition coefficient (Wildman–Crippen LogP) is 2.61. The van der Waals surface area contributed by atoms with Crippen LogP contribution in [0.15, 0.2) is 23.3 Å². The first-order valence-corrected chi connectivity index (χ1v) is 6.80. The van der Waals surface area contributed by atoms with Crippen molar-refractivity contribution >= 4 is 11.6 Å². The minimum atomic E-state index is -0.337. The number of phenolic OH excluding ortho intramolecular Hbond substituents is 1. The number of aromatic hydroxyl groups is 1. The van der Waals surface area contributed by atoms with Gasteiger partial charge >= 0.3 is 0 Å². The zero-order valence-electron chi connectivity index (χ0n) is 11.0. The third kappa shape index (κ3) is 2.23. The number of amides is 1. The number of rotatable bonds is 2. The van der Waals surface area contributed by atoms with Crippen LogP contribution in [-0.2, 0) is 0 Å². The fourth-order valence-corrected chi connectivity index (χ4v) is 3.19. The second-order valence-electron chi connectivity index (χ2n) is 5.60. The summed E-state index contributed by atoms with van der Waals surface area (Å²) in [6, 6.07) is 5.14. The molecule has 2 aliphatic carbocycles. The zero-order chi connectivity index (χ0) is 13.4. The lowest BCUT2D eigenvalue weighted by atomic mass is 9.99. The number of hydrogen-bond acceptors (Lipinski definition) is 3. The van der Waals surface area contributed by atoms with Gasteiger partial charge in [-0.2, -0.15) is 5.10 Å². The lowest BCUT2D eigenvalue weighted by molar-refractivity contribution is 0.0951.